The number of H-pyrrole nitrogens is 1. The standard InChI is InChI=1S/C17H19N7O4S/c1-5-13-19-16-18-9(2)14(15(25)24(16)20-13)21-29(27,28)10-6-7-11-12(8-10)23(4)17(26)22(11)3/h6-8,21H,5H2,1-4H3,(H,18,19,20). The number of hydrogen-bond donors (Lipinski definition) is 2. The van der Waals surface area contributed by atoms with Gasteiger partial charge in [-0.2, -0.15) is 9.50 Å². The van der Waals surface area contributed by atoms with E-state index in [0.717, 1.165) is 4.52 Å². The highest BCUT2D eigenvalue weighted by Crippen LogP contribution is 2.20. The Kier molecular flexibility index (Phi) is 4.12. The number of nitrogens with zero attached hydrogens (tertiary/aromatic N) is 5. The fraction of sp³-hybridized carbons (Fsp3) is 0.294. The van der Waals surface area contributed by atoms with Crippen molar-refractivity contribution >= 4 is 32.5 Å². The molecule has 0 atom stereocenters. The normalized spacial score (nSPS) is 12.1. The molecule has 2 N–H and O–H groups in total. The predicted molar refractivity (Wildman–Crippen MR) is 107 cm³/mol. The lowest BCUT2D eigenvalue weighted by Gasteiger charge is -2.10. The van der Waals surface area contributed by atoms with Crippen molar-refractivity contribution in [2.45, 2.75) is 25.2 Å². The number of aromatic nitrogens is 6. The summed E-state index contributed by atoms with van der Waals surface area (Å²) >= 11 is 0. The smallest absolute Gasteiger partial charge is 0.295 e. The minimum atomic E-state index is -4.10. The second-order valence-corrected chi connectivity index (χ2v) is 8.38. The van der Waals surface area contributed by atoms with E-state index in [4.69, 9.17) is 0 Å². The third-order valence-electron chi connectivity index (χ3n) is 4.85. The molecule has 0 aliphatic carbocycles. The molecule has 3 aromatic heterocycles. The number of sulfonamides is 1. The van der Waals surface area contributed by atoms with Crippen LogP contribution in [0, 0.1) is 6.92 Å². The van der Waals surface area contributed by atoms with Crippen LogP contribution < -0.4 is 16.0 Å². The third-order valence-corrected chi connectivity index (χ3v) is 6.19. The fourth-order valence-electron chi connectivity index (χ4n) is 3.19. The predicted octanol–water partition coefficient (Wildman–Crippen LogP) is 0.280. The molecule has 0 aliphatic rings. The van der Waals surface area contributed by atoms with Gasteiger partial charge in [0.1, 0.15) is 11.5 Å². The van der Waals surface area contributed by atoms with E-state index < -0.39 is 15.6 Å². The molecular weight excluding hydrogens is 398 g/mol. The molecule has 0 bridgehead atoms. The molecule has 0 radical (unpaired) electrons. The van der Waals surface area contributed by atoms with Crippen LogP contribution in [0.1, 0.15) is 18.4 Å². The Balaban J connectivity index is 1.83. The van der Waals surface area contributed by atoms with E-state index in [1.807, 2.05) is 6.92 Å². The van der Waals surface area contributed by atoms with Crippen LogP contribution >= 0.6 is 0 Å². The Morgan fingerprint density at radius 1 is 1.10 bits per heavy atom. The van der Waals surface area contributed by atoms with Gasteiger partial charge in [0.2, 0.25) is 0 Å². The Labute approximate surface area is 164 Å². The number of aryl methyl sites for hydroxylation is 4. The summed E-state index contributed by atoms with van der Waals surface area (Å²) in [4.78, 5) is 33.2. The maximum absolute atomic E-state index is 12.9. The summed E-state index contributed by atoms with van der Waals surface area (Å²) in [6, 6.07) is 4.33. The minimum Gasteiger partial charge on any atom is -0.295 e. The van der Waals surface area contributed by atoms with Crippen LogP contribution in [0.4, 0.5) is 5.69 Å². The zero-order valence-corrected chi connectivity index (χ0v) is 17.0. The van der Waals surface area contributed by atoms with Crippen molar-refractivity contribution in [2.24, 2.45) is 14.1 Å². The molecule has 0 fully saturated rings. The number of rotatable bonds is 4. The molecule has 4 aromatic rings. The first-order valence-electron chi connectivity index (χ1n) is 8.80. The van der Waals surface area contributed by atoms with Gasteiger partial charge in [-0.05, 0) is 25.1 Å². The van der Waals surface area contributed by atoms with Gasteiger partial charge in [0, 0.05) is 20.5 Å². The summed E-state index contributed by atoms with van der Waals surface area (Å²) in [6.45, 7) is 3.40. The molecule has 0 amide bonds. The number of fused-ring (bicyclic) bond motifs is 2. The molecular formula is C17H19N7O4S. The third kappa shape index (κ3) is 2.83. The first-order valence-corrected chi connectivity index (χ1v) is 10.3. The summed E-state index contributed by atoms with van der Waals surface area (Å²) in [5, 5.41) is 2.80. The molecule has 0 aliphatic heterocycles. The monoisotopic (exact) mass is 417 g/mol. The van der Waals surface area contributed by atoms with Gasteiger partial charge in [-0.1, -0.05) is 6.92 Å². The lowest BCUT2D eigenvalue weighted by Crippen LogP contribution is -2.25. The SMILES string of the molecule is CCc1nc2nc(C)c(NS(=O)(=O)c3ccc4c(c3)n(C)c(=O)n4C)c(=O)n2[nH]1. The van der Waals surface area contributed by atoms with E-state index in [9.17, 15) is 18.0 Å². The molecule has 0 unspecified atom stereocenters. The number of aromatic amines is 1. The lowest BCUT2D eigenvalue weighted by atomic mass is 10.3. The Morgan fingerprint density at radius 2 is 1.79 bits per heavy atom. The number of nitrogens with one attached hydrogen (secondary N) is 2. The average molecular weight is 417 g/mol. The largest absolute Gasteiger partial charge is 0.328 e. The van der Waals surface area contributed by atoms with Crippen LogP contribution in [0.2, 0.25) is 0 Å². The second kappa shape index (κ2) is 6.30. The van der Waals surface area contributed by atoms with Gasteiger partial charge in [-0.15, -0.1) is 0 Å². The van der Waals surface area contributed by atoms with Gasteiger partial charge in [0.15, 0.2) is 0 Å². The van der Waals surface area contributed by atoms with Crippen LogP contribution in [0.25, 0.3) is 16.8 Å². The summed E-state index contributed by atoms with van der Waals surface area (Å²) < 4.78 is 32.1. The zero-order chi connectivity index (χ0) is 21.1. The van der Waals surface area contributed by atoms with Crippen molar-refractivity contribution in [3.05, 3.63) is 50.6 Å². The molecule has 12 heteroatoms. The second-order valence-electron chi connectivity index (χ2n) is 6.69. The van der Waals surface area contributed by atoms with E-state index in [-0.39, 0.29) is 27.7 Å². The summed E-state index contributed by atoms with van der Waals surface area (Å²) in [7, 11) is -0.930. The van der Waals surface area contributed by atoms with Gasteiger partial charge in [0.05, 0.1) is 21.6 Å². The molecule has 0 saturated carbocycles. The quantitative estimate of drug-likeness (QED) is 0.489. The molecule has 152 valence electrons. The molecule has 3 heterocycles. The molecule has 11 nitrogen and oxygen atoms in total. The van der Waals surface area contributed by atoms with Crippen molar-refractivity contribution in [3.8, 4) is 0 Å². The van der Waals surface area contributed by atoms with E-state index in [2.05, 4.69) is 19.8 Å². The number of imidazole rings is 1. The maximum atomic E-state index is 12.9. The van der Waals surface area contributed by atoms with E-state index in [1.165, 1.54) is 28.2 Å². The van der Waals surface area contributed by atoms with Crippen molar-refractivity contribution < 1.29 is 8.42 Å². The van der Waals surface area contributed by atoms with Gasteiger partial charge < -0.3 is 0 Å². The number of benzene rings is 1. The van der Waals surface area contributed by atoms with Crippen molar-refractivity contribution in [1.82, 2.24) is 28.7 Å². The maximum Gasteiger partial charge on any atom is 0.328 e. The van der Waals surface area contributed by atoms with Crippen molar-refractivity contribution in [2.75, 3.05) is 4.72 Å². The van der Waals surface area contributed by atoms with E-state index in [0.29, 0.717) is 23.3 Å². The summed E-state index contributed by atoms with van der Waals surface area (Å²) in [5.41, 5.74) is 0.231. The zero-order valence-electron chi connectivity index (χ0n) is 16.2. The van der Waals surface area contributed by atoms with Gasteiger partial charge >= 0.3 is 5.69 Å². The highest BCUT2D eigenvalue weighted by atomic mass is 32.2. The van der Waals surface area contributed by atoms with Gasteiger partial charge in [-0.3, -0.25) is 23.7 Å². The van der Waals surface area contributed by atoms with Crippen LogP contribution in [-0.2, 0) is 30.5 Å². The molecule has 0 saturated heterocycles. The van der Waals surface area contributed by atoms with Crippen LogP contribution in [0.3, 0.4) is 0 Å². The van der Waals surface area contributed by atoms with E-state index in [1.54, 1.807) is 20.2 Å². The van der Waals surface area contributed by atoms with Crippen LogP contribution in [0.15, 0.2) is 32.7 Å². The van der Waals surface area contributed by atoms with Crippen molar-refractivity contribution in [3.63, 3.8) is 0 Å². The minimum absolute atomic E-state index is 0.0750. The van der Waals surface area contributed by atoms with Gasteiger partial charge in [-0.25, -0.2) is 18.2 Å². The van der Waals surface area contributed by atoms with Crippen LogP contribution in [0.5, 0.6) is 0 Å². The Hall–Kier alpha value is -3.41. The average Bonchev–Trinajstić information content (AvgIpc) is 3.20. The van der Waals surface area contributed by atoms with E-state index >= 15 is 0 Å². The summed E-state index contributed by atoms with van der Waals surface area (Å²) in [5.74, 6) is 0.734. The Bertz CT molecular complexity index is 1500. The molecule has 4 rings (SSSR count). The Morgan fingerprint density at radius 3 is 2.48 bits per heavy atom. The topological polar surface area (TPSA) is 136 Å². The molecule has 29 heavy (non-hydrogen) atoms. The van der Waals surface area contributed by atoms with Crippen molar-refractivity contribution in [1.29, 1.82) is 0 Å². The molecule has 0 spiro atoms. The number of anilines is 1. The van der Waals surface area contributed by atoms with Crippen LogP contribution in [-0.4, -0.2) is 37.1 Å². The lowest BCUT2D eigenvalue weighted by molar-refractivity contribution is 0.601. The fourth-order valence-corrected chi connectivity index (χ4v) is 4.32. The first-order chi connectivity index (χ1) is 13.6. The first kappa shape index (κ1) is 18.9. The van der Waals surface area contributed by atoms with Gasteiger partial charge in [0.25, 0.3) is 21.4 Å². The summed E-state index contributed by atoms with van der Waals surface area (Å²) in [6.07, 6.45) is 0.568. The highest BCUT2D eigenvalue weighted by molar-refractivity contribution is 7.92. The highest BCUT2D eigenvalue weighted by Gasteiger charge is 2.22. The molecule has 1 aromatic carbocycles. The number of hydrogen-bond acceptors (Lipinski definition) is 6.